The minimum Gasteiger partial charge on any atom is -0.480 e. The van der Waals surface area contributed by atoms with Crippen molar-refractivity contribution < 1.29 is 29.5 Å². The summed E-state index contributed by atoms with van der Waals surface area (Å²) in [7, 11) is 0. The molecule has 8 N–H and O–H groups in total. The summed E-state index contributed by atoms with van der Waals surface area (Å²) in [4.78, 5) is 45.2. The minimum absolute atomic E-state index is 0.0420. The van der Waals surface area contributed by atoms with Crippen LogP contribution in [0.3, 0.4) is 0 Å². The standard InChI is InChI=1S/C14H26N4O6/c1-7(6-9(15)14(22)23)5-8(2)12(20)17-10(13(21)18-24)3-4-11(16)19/h7-10,24H,3-6,15H2,1-2H3,(H2,16,19)(H,17,20)(H,18,21)(H,22,23). The maximum absolute atomic E-state index is 12.1. The molecule has 0 aliphatic carbocycles. The van der Waals surface area contributed by atoms with E-state index in [9.17, 15) is 19.2 Å². The Balaban J connectivity index is 4.59. The molecule has 0 aromatic heterocycles. The highest BCUT2D eigenvalue weighted by molar-refractivity contribution is 5.88. The molecule has 4 atom stereocenters. The molecule has 0 rings (SSSR count). The van der Waals surface area contributed by atoms with Crippen LogP contribution in [0.2, 0.25) is 0 Å². The Kier molecular flexibility index (Phi) is 9.58. The maximum Gasteiger partial charge on any atom is 0.320 e. The summed E-state index contributed by atoms with van der Waals surface area (Å²) >= 11 is 0. The van der Waals surface area contributed by atoms with E-state index in [4.69, 9.17) is 21.8 Å². The van der Waals surface area contributed by atoms with Gasteiger partial charge in [0.2, 0.25) is 11.8 Å². The Morgan fingerprint density at radius 1 is 1.08 bits per heavy atom. The van der Waals surface area contributed by atoms with Crippen LogP contribution in [0.15, 0.2) is 0 Å². The number of hydroxylamine groups is 1. The molecule has 0 aromatic rings. The van der Waals surface area contributed by atoms with Crippen LogP contribution in [-0.4, -0.2) is 46.1 Å². The third kappa shape index (κ3) is 8.44. The van der Waals surface area contributed by atoms with E-state index in [0.717, 1.165) is 0 Å². The number of nitrogens with one attached hydrogen (secondary N) is 2. The highest BCUT2D eigenvalue weighted by Gasteiger charge is 2.25. The van der Waals surface area contributed by atoms with E-state index < -0.39 is 41.7 Å². The monoisotopic (exact) mass is 346 g/mol. The molecule has 24 heavy (non-hydrogen) atoms. The largest absolute Gasteiger partial charge is 0.480 e. The molecular formula is C14H26N4O6. The van der Waals surface area contributed by atoms with Gasteiger partial charge in [0.05, 0.1) is 0 Å². The fraction of sp³-hybridized carbons (Fsp3) is 0.714. The van der Waals surface area contributed by atoms with E-state index in [-0.39, 0.29) is 25.2 Å². The number of aliphatic carboxylic acids is 1. The quantitative estimate of drug-likeness (QED) is 0.198. The van der Waals surface area contributed by atoms with Crippen molar-refractivity contribution in [3.8, 4) is 0 Å². The molecule has 0 radical (unpaired) electrons. The average molecular weight is 346 g/mol. The van der Waals surface area contributed by atoms with E-state index in [1.807, 2.05) is 0 Å². The molecule has 4 unspecified atom stereocenters. The predicted molar refractivity (Wildman–Crippen MR) is 83.5 cm³/mol. The van der Waals surface area contributed by atoms with Crippen LogP contribution in [0.4, 0.5) is 0 Å². The number of carbonyl (C=O) groups excluding carboxylic acids is 3. The molecule has 0 spiro atoms. The van der Waals surface area contributed by atoms with Gasteiger partial charge in [-0.05, 0) is 25.2 Å². The lowest BCUT2D eigenvalue weighted by molar-refractivity contribution is -0.139. The van der Waals surface area contributed by atoms with Gasteiger partial charge in [-0.25, -0.2) is 5.48 Å². The second-order valence-corrected chi connectivity index (χ2v) is 5.96. The van der Waals surface area contributed by atoms with Gasteiger partial charge < -0.3 is 21.9 Å². The molecule has 3 amide bonds. The Bertz CT molecular complexity index is 470. The predicted octanol–water partition coefficient (Wildman–Crippen LogP) is -1.29. The van der Waals surface area contributed by atoms with Crippen LogP contribution < -0.4 is 22.3 Å². The van der Waals surface area contributed by atoms with Crippen molar-refractivity contribution in [2.24, 2.45) is 23.3 Å². The number of carboxylic acids is 1. The molecule has 0 heterocycles. The number of rotatable bonds is 11. The number of primary amides is 1. The molecule has 0 saturated heterocycles. The van der Waals surface area contributed by atoms with Crippen molar-refractivity contribution in [3.05, 3.63) is 0 Å². The van der Waals surface area contributed by atoms with Gasteiger partial charge in [0.1, 0.15) is 12.1 Å². The third-order valence-corrected chi connectivity index (χ3v) is 3.60. The van der Waals surface area contributed by atoms with Crippen molar-refractivity contribution in [1.29, 1.82) is 0 Å². The van der Waals surface area contributed by atoms with Crippen LogP contribution in [0, 0.1) is 11.8 Å². The van der Waals surface area contributed by atoms with Gasteiger partial charge in [0.15, 0.2) is 0 Å². The summed E-state index contributed by atoms with van der Waals surface area (Å²) in [5.74, 6) is -3.67. The molecule has 0 aromatic carbocycles. The first-order chi connectivity index (χ1) is 11.1. The summed E-state index contributed by atoms with van der Waals surface area (Å²) in [5.41, 5.74) is 11.9. The lowest BCUT2D eigenvalue weighted by atomic mass is 9.91. The summed E-state index contributed by atoms with van der Waals surface area (Å²) in [6, 6.07) is -2.09. The van der Waals surface area contributed by atoms with Crippen LogP contribution in [0.25, 0.3) is 0 Å². The van der Waals surface area contributed by atoms with Gasteiger partial charge in [-0.1, -0.05) is 13.8 Å². The SMILES string of the molecule is CC(CC(C)C(=O)NC(CCC(N)=O)C(=O)NO)CC(N)C(=O)O. The van der Waals surface area contributed by atoms with Crippen LogP contribution in [0.1, 0.15) is 39.5 Å². The Labute approximate surface area is 139 Å². The fourth-order valence-corrected chi connectivity index (χ4v) is 2.29. The Hall–Kier alpha value is -2.20. The first-order valence-corrected chi connectivity index (χ1v) is 7.59. The number of amides is 3. The Morgan fingerprint density at radius 2 is 1.67 bits per heavy atom. The molecule has 10 nitrogen and oxygen atoms in total. The number of hydrogen-bond donors (Lipinski definition) is 6. The number of carbonyl (C=O) groups is 4. The van der Waals surface area contributed by atoms with E-state index in [0.29, 0.717) is 6.42 Å². The topological polar surface area (TPSA) is 185 Å². The van der Waals surface area contributed by atoms with Gasteiger partial charge in [0.25, 0.3) is 5.91 Å². The van der Waals surface area contributed by atoms with Gasteiger partial charge >= 0.3 is 5.97 Å². The summed E-state index contributed by atoms with van der Waals surface area (Å²) in [6.07, 6.45) is 0.418. The van der Waals surface area contributed by atoms with Crippen molar-refractivity contribution in [3.63, 3.8) is 0 Å². The first-order valence-electron chi connectivity index (χ1n) is 7.59. The molecule has 0 aliphatic heterocycles. The number of carboxylic acid groups (broad SMARTS) is 1. The van der Waals surface area contributed by atoms with Crippen LogP contribution in [0.5, 0.6) is 0 Å². The number of nitrogens with two attached hydrogens (primary N) is 2. The molecule has 0 bridgehead atoms. The van der Waals surface area contributed by atoms with Crippen molar-refractivity contribution >= 4 is 23.7 Å². The molecule has 0 fully saturated rings. The fourth-order valence-electron chi connectivity index (χ4n) is 2.29. The van der Waals surface area contributed by atoms with E-state index in [1.165, 1.54) is 5.48 Å². The number of hydrogen-bond acceptors (Lipinski definition) is 6. The summed E-state index contributed by atoms with van der Waals surface area (Å²) in [5, 5.41) is 19.9. The molecule has 138 valence electrons. The van der Waals surface area contributed by atoms with E-state index in [1.54, 1.807) is 13.8 Å². The molecule has 0 aliphatic rings. The first kappa shape index (κ1) is 21.8. The maximum atomic E-state index is 12.1. The second-order valence-electron chi connectivity index (χ2n) is 5.96. The third-order valence-electron chi connectivity index (χ3n) is 3.60. The van der Waals surface area contributed by atoms with Crippen LogP contribution in [-0.2, 0) is 19.2 Å². The van der Waals surface area contributed by atoms with Crippen molar-refractivity contribution in [2.45, 2.75) is 51.6 Å². The zero-order chi connectivity index (χ0) is 18.9. The minimum atomic E-state index is -1.11. The van der Waals surface area contributed by atoms with Gasteiger partial charge in [-0.2, -0.15) is 0 Å². The normalized spacial score (nSPS) is 15.7. The molecule has 10 heteroatoms. The molecule has 0 saturated carbocycles. The smallest absolute Gasteiger partial charge is 0.320 e. The van der Waals surface area contributed by atoms with Crippen molar-refractivity contribution in [2.75, 3.05) is 0 Å². The second kappa shape index (κ2) is 10.6. The summed E-state index contributed by atoms with van der Waals surface area (Å²) < 4.78 is 0. The van der Waals surface area contributed by atoms with Gasteiger partial charge in [-0.15, -0.1) is 0 Å². The Morgan fingerprint density at radius 3 is 2.12 bits per heavy atom. The average Bonchev–Trinajstić information content (AvgIpc) is 2.49. The van der Waals surface area contributed by atoms with Crippen molar-refractivity contribution in [1.82, 2.24) is 10.8 Å². The van der Waals surface area contributed by atoms with Gasteiger partial charge in [-0.3, -0.25) is 24.4 Å². The highest BCUT2D eigenvalue weighted by Crippen LogP contribution is 2.17. The lowest BCUT2D eigenvalue weighted by Gasteiger charge is -2.21. The van der Waals surface area contributed by atoms with E-state index in [2.05, 4.69) is 5.32 Å². The van der Waals surface area contributed by atoms with Crippen LogP contribution >= 0.6 is 0 Å². The zero-order valence-electron chi connectivity index (χ0n) is 13.8. The van der Waals surface area contributed by atoms with E-state index >= 15 is 0 Å². The lowest BCUT2D eigenvalue weighted by Crippen LogP contribution is -2.48. The highest BCUT2D eigenvalue weighted by atomic mass is 16.5. The van der Waals surface area contributed by atoms with Gasteiger partial charge in [0, 0.05) is 12.3 Å². The molecular weight excluding hydrogens is 320 g/mol. The zero-order valence-corrected chi connectivity index (χ0v) is 13.8. The summed E-state index contributed by atoms with van der Waals surface area (Å²) in [6.45, 7) is 3.40.